The first kappa shape index (κ1) is 15.2. The monoisotopic (exact) mass is 329 g/mol. The van der Waals surface area contributed by atoms with Crippen LogP contribution in [0, 0.1) is 5.82 Å². The number of rotatable bonds is 3. The van der Waals surface area contributed by atoms with Crippen LogP contribution < -0.4 is 5.32 Å². The fraction of sp³-hybridized carbons (Fsp3) is 0.0588. The summed E-state index contributed by atoms with van der Waals surface area (Å²) in [6.45, 7) is 0. The van der Waals surface area contributed by atoms with Gasteiger partial charge in [-0.05, 0) is 30.3 Å². The highest BCUT2D eigenvalue weighted by Gasteiger charge is 2.21. The van der Waals surface area contributed by atoms with Gasteiger partial charge in [-0.2, -0.15) is 0 Å². The molecule has 1 aromatic heterocycles. The van der Waals surface area contributed by atoms with Crippen LogP contribution in [0.4, 0.5) is 10.1 Å². The minimum Gasteiger partial charge on any atom is -0.465 e. The van der Waals surface area contributed by atoms with Crippen LogP contribution in [0.1, 0.15) is 20.0 Å². The van der Waals surface area contributed by atoms with Gasteiger partial charge in [0.1, 0.15) is 10.7 Å². The van der Waals surface area contributed by atoms with E-state index in [9.17, 15) is 14.0 Å². The van der Waals surface area contributed by atoms with Gasteiger partial charge in [0.05, 0.1) is 12.8 Å². The smallest absolute Gasteiger partial charge is 0.350 e. The molecule has 1 N–H and O–H groups in total. The van der Waals surface area contributed by atoms with Crippen LogP contribution in [-0.4, -0.2) is 19.0 Å². The lowest BCUT2D eigenvalue weighted by atomic mass is 10.2. The molecule has 1 amide bonds. The first-order valence-electron chi connectivity index (χ1n) is 6.77. The molecular weight excluding hydrogens is 317 g/mol. The first-order valence-corrected chi connectivity index (χ1v) is 7.58. The number of ether oxygens (including phenoxy) is 1. The molecule has 0 fully saturated rings. The molecule has 3 aromatic rings. The predicted octanol–water partition coefficient (Wildman–Crippen LogP) is 4.08. The van der Waals surface area contributed by atoms with E-state index in [4.69, 9.17) is 4.74 Å². The molecule has 4 nitrogen and oxygen atoms in total. The summed E-state index contributed by atoms with van der Waals surface area (Å²) in [4.78, 5) is 24.6. The Kier molecular flexibility index (Phi) is 4.08. The third-order valence-electron chi connectivity index (χ3n) is 3.31. The van der Waals surface area contributed by atoms with Gasteiger partial charge in [-0.1, -0.05) is 18.2 Å². The zero-order valence-electron chi connectivity index (χ0n) is 12.1. The van der Waals surface area contributed by atoms with Gasteiger partial charge >= 0.3 is 5.97 Å². The summed E-state index contributed by atoms with van der Waals surface area (Å²) in [6, 6.07) is 12.5. The Morgan fingerprint density at radius 1 is 1.09 bits per heavy atom. The van der Waals surface area contributed by atoms with E-state index in [1.54, 1.807) is 0 Å². The van der Waals surface area contributed by atoms with Crippen molar-refractivity contribution in [2.75, 3.05) is 12.4 Å². The second kappa shape index (κ2) is 6.18. The molecular formula is C17H12FNO3S. The molecule has 0 spiro atoms. The SMILES string of the molecule is COC(=O)c1sc2ccccc2c1NC(=O)c1ccc(F)cc1. The van der Waals surface area contributed by atoms with Gasteiger partial charge in [0.2, 0.25) is 0 Å². The van der Waals surface area contributed by atoms with E-state index in [0.717, 1.165) is 10.1 Å². The van der Waals surface area contributed by atoms with Crippen LogP contribution in [0.15, 0.2) is 48.5 Å². The normalized spacial score (nSPS) is 10.5. The molecule has 0 saturated heterocycles. The number of carbonyl (C=O) groups is 2. The molecule has 0 aliphatic rings. The molecule has 1 heterocycles. The van der Waals surface area contributed by atoms with Crippen molar-refractivity contribution in [3.63, 3.8) is 0 Å². The molecule has 23 heavy (non-hydrogen) atoms. The van der Waals surface area contributed by atoms with Crippen molar-refractivity contribution in [2.45, 2.75) is 0 Å². The van der Waals surface area contributed by atoms with Crippen LogP contribution in [0.5, 0.6) is 0 Å². The average Bonchev–Trinajstić information content (AvgIpc) is 2.93. The zero-order valence-corrected chi connectivity index (χ0v) is 12.9. The number of carbonyl (C=O) groups excluding carboxylic acids is 2. The molecule has 0 aliphatic heterocycles. The molecule has 0 atom stereocenters. The third kappa shape index (κ3) is 2.93. The minimum atomic E-state index is -0.513. The number of fused-ring (bicyclic) bond motifs is 1. The van der Waals surface area contributed by atoms with Crippen molar-refractivity contribution in [3.05, 3.63) is 64.8 Å². The Labute approximate surface area is 135 Å². The summed E-state index contributed by atoms with van der Waals surface area (Å²) in [5.41, 5.74) is 0.712. The fourth-order valence-electron chi connectivity index (χ4n) is 2.19. The van der Waals surface area contributed by atoms with Gasteiger partial charge in [-0.3, -0.25) is 4.79 Å². The largest absolute Gasteiger partial charge is 0.465 e. The third-order valence-corrected chi connectivity index (χ3v) is 4.46. The molecule has 3 rings (SSSR count). The Balaban J connectivity index is 2.02. The maximum atomic E-state index is 13.0. The van der Waals surface area contributed by atoms with Crippen LogP contribution in [-0.2, 0) is 4.74 Å². The molecule has 116 valence electrons. The van der Waals surface area contributed by atoms with E-state index in [1.165, 1.54) is 42.7 Å². The van der Waals surface area contributed by atoms with Gasteiger partial charge in [-0.25, -0.2) is 9.18 Å². The van der Waals surface area contributed by atoms with Crippen molar-refractivity contribution in [2.24, 2.45) is 0 Å². The molecule has 0 radical (unpaired) electrons. The average molecular weight is 329 g/mol. The quantitative estimate of drug-likeness (QED) is 0.737. The van der Waals surface area contributed by atoms with Gasteiger partial charge in [0.25, 0.3) is 5.91 Å². The van der Waals surface area contributed by atoms with E-state index in [0.29, 0.717) is 16.1 Å². The predicted molar refractivity (Wildman–Crippen MR) is 87.5 cm³/mol. The van der Waals surface area contributed by atoms with Crippen LogP contribution >= 0.6 is 11.3 Å². The Morgan fingerprint density at radius 3 is 2.48 bits per heavy atom. The summed E-state index contributed by atoms with van der Waals surface area (Å²) in [7, 11) is 1.29. The highest BCUT2D eigenvalue weighted by atomic mass is 32.1. The number of anilines is 1. The number of nitrogens with one attached hydrogen (secondary N) is 1. The summed E-state index contributed by atoms with van der Waals surface area (Å²) in [6.07, 6.45) is 0. The molecule has 0 bridgehead atoms. The summed E-state index contributed by atoms with van der Waals surface area (Å²) in [5, 5.41) is 3.49. The number of hydrogen-bond acceptors (Lipinski definition) is 4. The summed E-state index contributed by atoms with van der Waals surface area (Å²) >= 11 is 1.25. The number of halogens is 1. The van der Waals surface area contributed by atoms with Gasteiger partial charge in [0.15, 0.2) is 0 Å². The van der Waals surface area contributed by atoms with Crippen molar-refractivity contribution in [1.82, 2.24) is 0 Å². The highest BCUT2D eigenvalue weighted by Crippen LogP contribution is 2.36. The molecule has 0 aliphatic carbocycles. The Bertz CT molecular complexity index is 886. The summed E-state index contributed by atoms with van der Waals surface area (Å²) in [5.74, 6) is -1.35. The lowest BCUT2D eigenvalue weighted by Gasteiger charge is -2.06. The zero-order chi connectivity index (χ0) is 16.4. The maximum Gasteiger partial charge on any atom is 0.350 e. The van der Waals surface area contributed by atoms with E-state index >= 15 is 0 Å². The lowest BCUT2D eigenvalue weighted by Crippen LogP contribution is -2.14. The highest BCUT2D eigenvalue weighted by molar-refractivity contribution is 7.21. The Hall–Kier alpha value is -2.73. The van der Waals surface area contributed by atoms with Crippen molar-refractivity contribution in [1.29, 1.82) is 0 Å². The van der Waals surface area contributed by atoms with Gasteiger partial charge in [0, 0.05) is 15.6 Å². The van der Waals surface area contributed by atoms with Crippen molar-refractivity contribution in [3.8, 4) is 0 Å². The van der Waals surface area contributed by atoms with E-state index in [-0.39, 0.29) is 0 Å². The van der Waals surface area contributed by atoms with E-state index in [1.807, 2.05) is 24.3 Å². The second-order valence-electron chi connectivity index (χ2n) is 4.75. The number of thiophene rings is 1. The summed E-state index contributed by atoms with van der Waals surface area (Å²) < 4.78 is 18.6. The van der Waals surface area contributed by atoms with Crippen LogP contribution in [0.25, 0.3) is 10.1 Å². The van der Waals surface area contributed by atoms with Gasteiger partial charge in [-0.15, -0.1) is 11.3 Å². The minimum absolute atomic E-state index is 0.303. The van der Waals surface area contributed by atoms with Crippen LogP contribution in [0.2, 0.25) is 0 Å². The van der Waals surface area contributed by atoms with E-state index < -0.39 is 17.7 Å². The van der Waals surface area contributed by atoms with Gasteiger partial charge < -0.3 is 10.1 Å². The maximum absolute atomic E-state index is 13.0. The molecule has 6 heteroatoms. The van der Waals surface area contributed by atoms with Crippen molar-refractivity contribution < 1.29 is 18.7 Å². The Morgan fingerprint density at radius 2 is 1.78 bits per heavy atom. The topological polar surface area (TPSA) is 55.4 Å². The molecule has 0 unspecified atom stereocenters. The van der Waals surface area contributed by atoms with E-state index in [2.05, 4.69) is 5.32 Å². The number of hydrogen-bond donors (Lipinski definition) is 1. The number of amides is 1. The standard InChI is InChI=1S/C17H12FNO3S/c1-22-17(21)15-14(12-4-2-3-5-13(12)23-15)19-16(20)10-6-8-11(18)9-7-10/h2-9H,1H3,(H,19,20). The number of benzene rings is 2. The fourth-order valence-corrected chi connectivity index (χ4v) is 3.27. The lowest BCUT2D eigenvalue weighted by molar-refractivity contribution is 0.0607. The van der Waals surface area contributed by atoms with Crippen molar-refractivity contribution >= 4 is 39.0 Å². The molecule has 0 saturated carbocycles. The number of esters is 1. The van der Waals surface area contributed by atoms with Crippen LogP contribution in [0.3, 0.4) is 0 Å². The molecule has 2 aromatic carbocycles. The second-order valence-corrected chi connectivity index (χ2v) is 5.81. The first-order chi connectivity index (χ1) is 11.1. The number of methoxy groups -OCH3 is 1.